The van der Waals surface area contributed by atoms with Crippen LogP contribution in [0.5, 0.6) is 0 Å². The second-order valence-electron chi connectivity index (χ2n) is 6.65. The van der Waals surface area contributed by atoms with Crippen LogP contribution in [0.2, 0.25) is 0 Å². The van der Waals surface area contributed by atoms with E-state index in [9.17, 15) is 9.59 Å². The van der Waals surface area contributed by atoms with Gasteiger partial charge in [0.2, 0.25) is 0 Å². The normalized spacial score (nSPS) is 9.14. The quantitative estimate of drug-likeness (QED) is 0.289. The number of carbonyl (C=O) groups is 2. The van der Waals surface area contributed by atoms with E-state index in [1.54, 1.807) is 6.92 Å². The van der Waals surface area contributed by atoms with Gasteiger partial charge in [-0.15, -0.1) is 0 Å². The molecule has 0 radical (unpaired) electrons. The van der Waals surface area contributed by atoms with E-state index in [0.29, 0.717) is 12.8 Å². The van der Waals surface area contributed by atoms with E-state index in [4.69, 9.17) is 0 Å². The predicted molar refractivity (Wildman–Crippen MR) is 130 cm³/mol. The Balaban J connectivity index is -0.00000103. The van der Waals surface area contributed by atoms with Crippen LogP contribution in [0, 0.1) is 6.92 Å². The third-order valence-electron chi connectivity index (χ3n) is 4.34. The first-order chi connectivity index (χ1) is 14.0. The topological polar surface area (TPSA) is 60.2 Å². The highest BCUT2D eigenvalue weighted by Crippen LogP contribution is 2.17. The molecule has 0 heterocycles. The number of ketones is 2. The lowest BCUT2D eigenvalue weighted by molar-refractivity contribution is -0.117. The van der Waals surface area contributed by atoms with Crippen LogP contribution in [0.25, 0.3) is 0 Å². The van der Waals surface area contributed by atoms with Crippen LogP contribution in [-0.4, -0.2) is 18.6 Å². The van der Waals surface area contributed by atoms with Gasteiger partial charge in [-0.05, 0) is 57.7 Å². The van der Waals surface area contributed by atoms with Crippen molar-refractivity contribution in [3.8, 4) is 0 Å². The first-order valence-electron chi connectivity index (χ1n) is 11.7. The van der Waals surface area contributed by atoms with Crippen molar-refractivity contribution in [2.75, 3.05) is 7.05 Å². The number of Topliss-reactive ketones (excluding diaryl/α,β-unsaturated/α-hetero) is 2. The minimum absolute atomic E-state index is 0.258. The molecule has 1 aromatic carbocycles. The highest BCUT2D eigenvalue weighted by atomic mass is 16.1. The number of unbranched alkanes of at least 4 members (excludes halogenated alkanes) is 5. The minimum atomic E-state index is 0.258. The van der Waals surface area contributed by atoms with Crippen LogP contribution in [0.15, 0.2) is 18.2 Å². The van der Waals surface area contributed by atoms with Gasteiger partial charge in [-0.3, -0.25) is 4.79 Å². The molecule has 0 bridgehead atoms. The van der Waals surface area contributed by atoms with Crippen LogP contribution in [0.4, 0.5) is 0 Å². The van der Waals surface area contributed by atoms with Crippen molar-refractivity contribution in [3.63, 3.8) is 0 Å². The molecule has 0 saturated heterocycles. The average Bonchev–Trinajstić information content (AvgIpc) is 2.75. The third-order valence-corrected chi connectivity index (χ3v) is 4.34. The first kappa shape index (κ1) is 32.2. The Morgan fingerprint density at radius 1 is 0.828 bits per heavy atom. The van der Waals surface area contributed by atoms with E-state index in [2.05, 4.69) is 24.8 Å². The molecule has 0 unspecified atom stereocenters. The lowest BCUT2D eigenvalue weighted by Crippen LogP contribution is -2.02. The summed E-state index contributed by atoms with van der Waals surface area (Å²) in [5.41, 5.74) is 7.84. The second kappa shape index (κ2) is 24.6. The molecule has 2 N–H and O–H groups in total. The van der Waals surface area contributed by atoms with Crippen molar-refractivity contribution in [2.45, 2.75) is 113 Å². The molecule has 0 spiro atoms. The molecule has 0 atom stereocenters. The van der Waals surface area contributed by atoms with Gasteiger partial charge in [-0.1, -0.05) is 78.5 Å². The van der Waals surface area contributed by atoms with Gasteiger partial charge in [0.15, 0.2) is 5.78 Å². The van der Waals surface area contributed by atoms with Crippen molar-refractivity contribution in [2.24, 2.45) is 5.73 Å². The van der Waals surface area contributed by atoms with Gasteiger partial charge in [0.05, 0.1) is 0 Å². The molecule has 0 saturated carbocycles. The van der Waals surface area contributed by atoms with E-state index >= 15 is 0 Å². The van der Waals surface area contributed by atoms with E-state index in [1.165, 1.54) is 31.9 Å². The predicted octanol–water partition coefficient (Wildman–Crippen LogP) is 7.47. The molecule has 0 aliphatic heterocycles. The third kappa shape index (κ3) is 18.3. The second-order valence-corrected chi connectivity index (χ2v) is 6.65. The Labute approximate surface area is 181 Å². The van der Waals surface area contributed by atoms with Gasteiger partial charge < -0.3 is 10.5 Å². The summed E-state index contributed by atoms with van der Waals surface area (Å²) in [6.07, 6.45) is 10.1. The SMILES string of the molecule is CC.CC.CCCCCc1ccc(C(=O)CCCCCCC(C)=O)c(C)c1.CN. The number of aryl methyl sites for hydroxylation is 2. The Kier molecular flexibility index (Phi) is 27.3. The fourth-order valence-electron chi connectivity index (χ4n) is 2.92. The minimum Gasteiger partial charge on any atom is -0.333 e. The molecule has 29 heavy (non-hydrogen) atoms. The van der Waals surface area contributed by atoms with Gasteiger partial charge >= 0.3 is 0 Å². The molecule has 0 aliphatic carbocycles. The molecule has 0 aliphatic rings. The summed E-state index contributed by atoms with van der Waals surface area (Å²) in [7, 11) is 1.50. The number of hydrogen-bond acceptors (Lipinski definition) is 3. The first-order valence-corrected chi connectivity index (χ1v) is 11.7. The zero-order valence-corrected chi connectivity index (χ0v) is 20.7. The summed E-state index contributed by atoms with van der Waals surface area (Å²) in [5, 5.41) is 0. The van der Waals surface area contributed by atoms with Gasteiger partial charge in [-0.2, -0.15) is 0 Å². The highest BCUT2D eigenvalue weighted by molar-refractivity contribution is 5.97. The van der Waals surface area contributed by atoms with E-state index < -0.39 is 0 Å². The maximum Gasteiger partial charge on any atom is 0.163 e. The molecular formula is C26H49NO2. The molecule has 3 nitrogen and oxygen atoms in total. The lowest BCUT2D eigenvalue weighted by Gasteiger charge is -2.08. The van der Waals surface area contributed by atoms with E-state index in [1.807, 2.05) is 40.7 Å². The van der Waals surface area contributed by atoms with E-state index in [-0.39, 0.29) is 11.6 Å². The van der Waals surface area contributed by atoms with Gasteiger partial charge in [-0.25, -0.2) is 0 Å². The maximum absolute atomic E-state index is 12.3. The van der Waals surface area contributed by atoms with Crippen LogP contribution in [0.3, 0.4) is 0 Å². The van der Waals surface area contributed by atoms with Crippen molar-refractivity contribution in [1.29, 1.82) is 0 Å². The van der Waals surface area contributed by atoms with Crippen molar-refractivity contribution in [3.05, 3.63) is 34.9 Å². The summed E-state index contributed by atoms with van der Waals surface area (Å²) >= 11 is 0. The van der Waals surface area contributed by atoms with Crippen LogP contribution in [-0.2, 0) is 11.2 Å². The molecule has 1 rings (SSSR count). The Morgan fingerprint density at radius 2 is 1.38 bits per heavy atom. The molecular weight excluding hydrogens is 358 g/mol. The monoisotopic (exact) mass is 407 g/mol. The molecule has 1 aromatic rings. The lowest BCUT2D eigenvalue weighted by atomic mass is 9.96. The zero-order chi connectivity index (χ0) is 23.1. The molecule has 0 fully saturated rings. The summed E-state index contributed by atoms with van der Waals surface area (Å²) in [4.78, 5) is 23.2. The Hall–Kier alpha value is -1.48. The summed E-state index contributed by atoms with van der Waals surface area (Å²) in [6.45, 7) is 13.9. The molecule has 0 amide bonds. The Morgan fingerprint density at radius 3 is 1.86 bits per heavy atom. The van der Waals surface area contributed by atoms with E-state index in [0.717, 1.165) is 43.2 Å². The molecule has 3 heteroatoms. The number of nitrogens with two attached hydrogens (primary N) is 1. The van der Waals surface area contributed by atoms with Crippen LogP contribution >= 0.6 is 0 Å². The van der Waals surface area contributed by atoms with Gasteiger partial charge in [0.1, 0.15) is 5.78 Å². The smallest absolute Gasteiger partial charge is 0.163 e. The fraction of sp³-hybridized carbons (Fsp3) is 0.692. The summed E-state index contributed by atoms with van der Waals surface area (Å²) in [6, 6.07) is 6.30. The van der Waals surface area contributed by atoms with Crippen LogP contribution < -0.4 is 5.73 Å². The van der Waals surface area contributed by atoms with Crippen LogP contribution in [0.1, 0.15) is 121 Å². The Bertz CT molecular complexity index is 509. The standard InChI is InChI=1S/C21H32O2.2C2H6.CH5N/c1-4-5-8-12-19-14-15-20(17(2)16-19)21(23)13-10-7-6-9-11-18(3)22;3*1-2/h14-16H,4-13H2,1-3H3;2*1-2H3;2H2,1H3. The average molecular weight is 408 g/mol. The molecule has 170 valence electrons. The highest BCUT2D eigenvalue weighted by Gasteiger charge is 2.09. The zero-order valence-electron chi connectivity index (χ0n) is 20.7. The summed E-state index contributed by atoms with van der Waals surface area (Å²) in [5.74, 6) is 0.518. The number of carbonyl (C=O) groups excluding carboxylic acids is 2. The van der Waals surface area contributed by atoms with Crippen molar-refractivity contribution >= 4 is 11.6 Å². The largest absolute Gasteiger partial charge is 0.333 e. The summed E-state index contributed by atoms with van der Waals surface area (Å²) < 4.78 is 0. The van der Waals surface area contributed by atoms with Crippen molar-refractivity contribution in [1.82, 2.24) is 0 Å². The van der Waals surface area contributed by atoms with Gasteiger partial charge in [0.25, 0.3) is 0 Å². The number of hydrogen-bond donors (Lipinski definition) is 1. The maximum atomic E-state index is 12.3. The molecule has 0 aromatic heterocycles. The number of benzene rings is 1. The number of rotatable bonds is 12. The van der Waals surface area contributed by atoms with Crippen molar-refractivity contribution < 1.29 is 9.59 Å². The van der Waals surface area contributed by atoms with Gasteiger partial charge in [0, 0.05) is 18.4 Å². The fourth-order valence-corrected chi connectivity index (χ4v) is 2.92.